The highest BCUT2D eigenvalue weighted by Gasteiger charge is 2.21. The van der Waals surface area contributed by atoms with E-state index in [2.05, 4.69) is 19.5 Å². The van der Waals surface area contributed by atoms with Gasteiger partial charge in [0.15, 0.2) is 5.69 Å². The molecule has 5 aromatic rings. The summed E-state index contributed by atoms with van der Waals surface area (Å²) in [5.74, 6) is 1.63. The molecule has 1 aromatic heterocycles. The number of ether oxygens (including phenoxy) is 2. The van der Waals surface area contributed by atoms with Gasteiger partial charge in [0, 0.05) is 62.3 Å². The molecular formula is C41H41N5O5S. The van der Waals surface area contributed by atoms with Crippen LogP contribution in [0, 0.1) is 13.5 Å². The van der Waals surface area contributed by atoms with Gasteiger partial charge >= 0.3 is 0 Å². The van der Waals surface area contributed by atoms with Crippen molar-refractivity contribution in [2.45, 2.75) is 39.3 Å². The minimum Gasteiger partial charge on any atom is -0.493 e. The summed E-state index contributed by atoms with van der Waals surface area (Å²) in [7, 11) is -3.47. The molecule has 266 valence electrons. The lowest BCUT2D eigenvalue weighted by molar-refractivity contribution is 0.0792. The highest BCUT2D eigenvalue weighted by Crippen LogP contribution is 2.32. The van der Waals surface area contributed by atoms with Crippen LogP contribution in [0.3, 0.4) is 0 Å². The number of pyridine rings is 1. The van der Waals surface area contributed by atoms with E-state index in [0.29, 0.717) is 60.3 Å². The second-order valence-corrected chi connectivity index (χ2v) is 14.6. The molecule has 0 spiro atoms. The van der Waals surface area contributed by atoms with Crippen LogP contribution >= 0.6 is 0 Å². The van der Waals surface area contributed by atoms with Gasteiger partial charge in [0.25, 0.3) is 5.91 Å². The topological polar surface area (TPSA) is 105 Å². The van der Waals surface area contributed by atoms with Crippen LogP contribution in [0.5, 0.6) is 17.2 Å². The Labute approximate surface area is 305 Å². The third-order valence-electron chi connectivity index (χ3n) is 8.82. The number of amides is 1. The monoisotopic (exact) mass is 715 g/mol. The molecule has 1 saturated heterocycles. The van der Waals surface area contributed by atoms with Gasteiger partial charge in [0.05, 0.1) is 25.1 Å². The van der Waals surface area contributed by atoms with Crippen molar-refractivity contribution in [3.05, 3.63) is 149 Å². The standard InChI is InChI=1S/C41H41N5O5S/c1-30-39(44-52(3,48)49)9-6-10-40(30)46(28-32-11-15-35(42-2)16-12-32)29-33-13-17-36(18-14-33)51-38-25-34(41(47)45-21-4-5-22-45)24-37(26-38)50-23-19-31-8-7-20-43-27-31/h6-18,20,24-27,44H,4-5,19,21-23,28-29H2,1,3H3. The fourth-order valence-corrected chi connectivity index (χ4v) is 6.81. The van der Waals surface area contributed by atoms with Gasteiger partial charge < -0.3 is 19.3 Å². The second-order valence-electron chi connectivity index (χ2n) is 12.9. The molecule has 0 atom stereocenters. The number of sulfonamides is 1. The number of benzene rings is 4. The van der Waals surface area contributed by atoms with Gasteiger partial charge in [-0.3, -0.25) is 14.5 Å². The molecule has 0 bridgehead atoms. The van der Waals surface area contributed by atoms with Crippen LogP contribution in [0.4, 0.5) is 17.1 Å². The fourth-order valence-electron chi connectivity index (χ4n) is 6.19. The number of likely N-dealkylation sites (tertiary alicyclic amines) is 1. The highest BCUT2D eigenvalue weighted by atomic mass is 32.2. The Morgan fingerprint density at radius 3 is 2.23 bits per heavy atom. The van der Waals surface area contributed by atoms with Crippen LogP contribution in [0.1, 0.15) is 45.5 Å². The Morgan fingerprint density at radius 2 is 1.58 bits per heavy atom. The van der Waals surface area contributed by atoms with Gasteiger partial charge in [0.2, 0.25) is 10.0 Å². The lowest BCUT2D eigenvalue weighted by atomic mass is 10.1. The predicted molar refractivity (Wildman–Crippen MR) is 204 cm³/mol. The van der Waals surface area contributed by atoms with E-state index in [-0.39, 0.29) is 5.91 Å². The molecule has 1 fully saturated rings. The Hall–Kier alpha value is -5.86. The van der Waals surface area contributed by atoms with E-state index in [1.807, 2.05) is 78.7 Å². The maximum Gasteiger partial charge on any atom is 0.254 e. The van der Waals surface area contributed by atoms with Crippen molar-refractivity contribution in [1.29, 1.82) is 0 Å². The smallest absolute Gasteiger partial charge is 0.254 e. The van der Waals surface area contributed by atoms with Gasteiger partial charge in [-0.1, -0.05) is 48.5 Å². The molecule has 0 unspecified atom stereocenters. The summed E-state index contributed by atoms with van der Waals surface area (Å²) in [6.07, 6.45) is 7.37. The van der Waals surface area contributed by atoms with Crippen molar-refractivity contribution in [3.63, 3.8) is 0 Å². The SMILES string of the molecule is [C-]#[N+]c1ccc(CN(Cc2ccc(Oc3cc(OCCc4cccnc4)cc(C(=O)N4CCCC4)c3)cc2)c2cccc(NS(C)(=O)=O)c2C)cc1. The first-order chi connectivity index (χ1) is 25.1. The molecule has 6 rings (SSSR count). The van der Waals surface area contributed by atoms with Crippen molar-refractivity contribution in [2.24, 2.45) is 0 Å². The Kier molecular flexibility index (Phi) is 11.4. The van der Waals surface area contributed by atoms with Crippen molar-refractivity contribution >= 4 is 33.0 Å². The van der Waals surface area contributed by atoms with Crippen LogP contribution in [-0.4, -0.2) is 50.2 Å². The molecule has 0 radical (unpaired) electrons. The first kappa shape index (κ1) is 35.9. The van der Waals surface area contributed by atoms with Crippen molar-refractivity contribution in [1.82, 2.24) is 9.88 Å². The third-order valence-corrected chi connectivity index (χ3v) is 9.41. The van der Waals surface area contributed by atoms with E-state index in [4.69, 9.17) is 16.0 Å². The van der Waals surface area contributed by atoms with E-state index in [1.165, 1.54) is 0 Å². The van der Waals surface area contributed by atoms with E-state index in [1.54, 1.807) is 42.6 Å². The zero-order valence-electron chi connectivity index (χ0n) is 29.3. The Morgan fingerprint density at radius 1 is 0.885 bits per heavy atom. The lowest BCUT2D eigenvalue weighted by Gasteiger charge is -2.28. The average Bonchev–Trinajstić information content (AvgIpc) is 3.68. The molecule has 11 heteroatoms. The molecule has 10 nitrogen and oxygen atoms in total. The summed E-state index contributed by atoms with van der Waals surface area (Å²) in [6, 6.07) is 30.0. The molecule has 52 heavy (non-hydrogen) atoms. The maximum absolute atomic E-state index is 13.4. The number of aromatic nitrogens is 1. The number of nitrogens with one attached hydrogen (secondary N) is 1. The van der Waals surface area contributed by atoms with Crippen LogP contribution in [0.2, 0.25) is 0 Å². The van der Waals surface area contributed by atoms with E-state index in [9.17, 15) is 13.2 Å². The molecule has 4 aromatic carbocycles. The van der Waals surface area contributed by atoms with Gasteiger partial charge in [-0.15, -0.1) is 0 Å². The normalized spacial score (nSPS) is 12.6. The first-order valence-electron chi connectivity index (χ1n) is 17.2. The van der Waals surface area contributed by atoms with Crippen molar-refractivity contribution in [2.75, 3.05) is 35.6 Å². The van der Waals surface area contributed by atoms with Gasteiger partial charge in [0.1, 0.15) is 17.2 Å². The zero-order chi connectivity index (χ0) is 36.5. The van der Waals surface area contributed by atoms with Crippen LogP contribution in [0.15, 0.2) is 109 Å². The van der Waals surface area contributed by atoms with Crippen molar-refractivity contribution < 1.29 is 22.7 Å². The first-order valence-corrected chi connectivity index (χ1v) is 19.0. The fraction of sp³-hybridized carbons (Fsp3) is 0.244. The minimum absolute atomic E-state index is 0.0367. The molecule has 2 heterocycles. The third kappa shape index (κ3) is 9.68. The van der Waals surface area contributed by atoms with Crippen molar-refractivity contribution in [3.8, 4) is 17.2 Å². The quantitative estimate of drug-likeness (QED) is 0.116. The summed E-state index contributed by atoms with van der Waals surface area (Å²) in [5, 5.41) is 0. The summed E-state index contributed by atoms with van der Waals surface area (Å²) < 4.78 is 39.2. The summed E-state index contributed by atoms with van der Waals surface area (Å²) >= 11 is 0. The highest BCUT2D eigenvalue weighted by molar-refractivity contribution is 7.92. The summed E-state index contributed by atoms with van der Waals surface area (Å²) in [6.45, 7) is 12.2. The molecule has 1 amide bonds. The number of carbonyl (C=O) groups is 1. The van der Waals surface area contributed by atoms with Crippen LogP contribution in [0.25, 0.3) is 4.85 Å². The average molecular weight is 716 g/mol. The Balaban J connectivity index is 1.22. The van der Waals surface area contributed by atoms with Crippen LogP contribution in [-0.2, 0) is 29.5 Å². The van der Waals surface area contributed by atoms with Gasteiger partial charge in [-0.25, -0.2) is 13.3 Å². The van der Waals surface area contributed by atoms with Gasteiger partial charge in [-0.2, -0.15) is 0 Å². The number of hydrogen-bond acceptors (Lipinski definition) is 7. The zero-order valence-corrected chi connectivity index (χ0v) is 30.1. The van der Waals surface area contributed by atoms with E-state index in [0.717, 1.165) is 60.1 Å². The summed E-state index contributed by atoms with van der Waals surface area (Å²) in [5.41, 5.74) is 6.35. The van der Waals surface area contributed by atoms with Gasteiger partial charge in [-0.05, 0) is 84.5 Å². The predicted octanol–water partition coefficient (Wildman–Crippen LogP) is 8.17. The number of nitrogens with zero attached hydrogens (tertiary/aromatic N) is 4. The number of anilines is 2. The minimum atomic E-state index is -3.47. The number of rotatable bonds is 14. The maximum atomic E-state index is 13.4. The largest absolute Gasteiger partial charge is 0.493 e. The Bertz CT molecular complexity index is 2150. The number of hydrogen-bond donors (Lipinski definition) is 1. The molecule has 0 saturated carbocycles. The van der Waals surface area contributed by atoms with E-state index >= 15 is 0 Å². The van der Waals surface area contributed by atoms with Crippen LogP contribution < -0.4 is 19.1 Å². The summed E-state index contributed by atoms with van der Waals surface area (Å²) in [4.78, 5) is 25.1. The molecular weight excluding hydrogens is 675 g/mol. The molecule has 1 aliphatic rings. The molecule has 1 N–H and O–H groups in total. The second kappa shape index (κ2) is 16.4. The molecule has 1 aliphatic heterocycles. The van der Waals surface area contributed by atoms with E-state index < -0.39 is 10.0 Å². The number of carbonyl (C=O) groups excluding carboxylic acids is 1. The lowest BCUT2D eigenvalue weighted by Crippen LogP contribution is -2.27. The molecule has 0 aliphatic carbocycles.